The van der Waals surface area contributed by atoms with E-state index in [1.807, 2.05) is 54.6 Å². The summed E-state index contributed by atoms with van der Waals surface area (Å²) < 4.78 is 0. The summed E-state index contributed by atoms with van der Waals surface area (Å²) in [7, 11) is 0. The average molecular weight is 480 g/mol. The number of rotatable bonds is 6. The minimum Gasteiger partial charge on any atom is -0.267 e. The maximum atomic E-state index is 12.1. The van der Waals surface area contributed by atoms with E-state index in [1.165, 1.54) is 0 Å². The molecule has 35 heavy (non-hydrogen) atoms. The van der Waals surface area contributed by atoms with Crippen molar-refractivity contribution in [1.29, 1.82) is 0 Å². The van der Waals surface area contributed by atoms with Gasteiger partial charge in [0.2, 0.25) is 0 Å². The lowest BCUT2D eigenvalue weighted by atomic mass is 9.98. The molecule has 0 fully saturated rings. The standard InChI is InChI=1S/C28H22ClN5O/c29-24-10-8-22(9-11-24)27-18-26(21-4-2-1-3-5-21)33-34(27)25-12-6-20(7-13-25)19-31-32-28(35)23-14-16-30-17-15-23/h1-17,19,27H,18H2,(H,32,35)/b31-19+/t27-/m0/s1. The first-order valence-electron chi connectivity index (χ1n) is 11.2. The topological polar surface area (TPSA) is 70.0 Å². The van der Waals surface area contributed by atoms with Crippen LogP contribution in [0.3, 0.4) is 0 Å². The average Bonchev–Trinajstić information content (AvgIpc) is 3.36. The number of hydrazone groups is 2. The van der Waals surface area contributed by atoms with E-state index in [2.05, 4.69) is 44.8 Å². The monoisotopic (exact) mass is 479 g/mol. The van der Waals surface area contributed by atoms with Gasteiger partial charge in [-0.3, -0.25) is 14.8 Å². The molecule has 1 atom stereocenters. The van der Waals surface area contributed by atoms with Crippen molar-refractivity contribution in [3.8, 4) is 0 Å². The molecule has 4 aromatic rings. The Morgan fingerprint density at radius 1 is 0.943 bits per heavy atom. The van der Waals surface area contributed by atoms with Crippen LogP contribution < -0.4 is 10.4 Å². The van der Waals surface area contributed by atoms with Crippen molar-refractivity contribution in [2.24, 2.45) is 10.2 Å². The van der Waals surface area contributed by atoms with Crippen LogP contribution in [-0.4, -0.2) is 22.8 Å². The molecule has 1 N–H and O–H groups in total. The minimum atomic E-state index is -0.286. The SMILES string of the molecule is O=C(N/N=C/c1ccc(N2N=C(c3ccccc3)C[C@H]2c2ccc(Cl)cc2)cc1)c1ccncc1. The third-order valence-electron chi connectivity index (χ3n) is 5.75. The zero-order chi connectivity index (χ0) is 24.0. The number of benzene rings is 3. The molecule has 5 rings (SSSR count). The van der Waals surface area contributed by atoms with E-state index in [0.29, 0.717) is 10.6 Å². The summed E-state index contributed by atoms with van der Waals surface area (Å²) in [6.45, 7) is 0. The van der Waals surface area contributed by atoms with E-state index in [9.17, 15) is 4.79 Å². The molecule has 3 aromatic carbocycles. The fourth-order valence-electron chi connectivity index (χ4n) is 3.94. The number of pyridine rings is 1. The highest BCUT2D eigenvalue weighted by Gasteiger charge is 2.29. The lowest BCUT2D eigenvalue weighted by Gasteiger charge is -2.24. The summed E-state index contributed by atoms with van der Waals surface area (Å²) in [5.74, 6) is -0.286. The largest absolute Gasteiger partial charge is 0.271 e. The molecule has 1 amide bonds. The van der Waals surface area contributed by atoms with Crippen LogP contribution in [0.25, 0.3) is 0 Å². The second kappa shape index (κ2) is 10.3. The number of halogens is 1. The summed E-state index contributed by atoms with van der Waals surface area (Å²) in [6, 6.07) is 29.4. The summed E-state index contributed by atoms with van der Waals surface area (Å²) in [4.78, 5) is 16.0. The number of carbonyl (C=O) groups excluding carboxylic acids is 1. The molecule has 172 valence electrons. The van der Waals surface area contributed by atoms with Crippen molar-refractivity contribution in [2.45, 2.75) is 12.5 Å². The molecule has 1 aromatic heterocycles. The maximum absolute atomic E-state index is 12.1. The van der Waals surface area contributed by atoms with Gasteiger partial charge in [0, 0.05) is 29.4 Å². The smallest absolute Gasteiger partial charge is 0.267 e. The number of hydrogen-bond acceptors (Lipinski definition) is 5. The molecule has 0 bridgehead atoms. The number of amides is 1. The number of nitrogens with zero attached hydrogens (tertiary/aromatic N) is 4. The molecule has 1 aliphatic rings. The van der Waals surface area contributed by atoms with Gasteiger partial charge in [0.15, 0.2) is 0 Å². The Kier molecular flexibility index (Phi) is 6.63. The first-order valence-corrected chi connectivity index (χ1v) is 11.6. The van der Waals surface area contributed by atoms with Gasteiger partial charge >= 0.3 is 0 Å². The van der Waals surface area contributed by atoms with E-state index in [0.717, 1.165) is 34.5 Å². The highest BCUT2D eigenvalue weighted by molar-refractivity contribution is 6.30. The molecular formula is C28H22ClN5O. The van der Waals surface area contributed by atoms with Crippen LogP contribution in [0.5, 0.6) is 0 Å². The molecule has 7 heteroatoms. The Labute approximate surface area is 208 Å². The molecule has 2 heterocycles. The predicted molar refractivity (Wildman–Crippen MR) is 140 cm³/mol. The Morgan fingerprint density at radius 2 is 1.66 bits per heavy atom. The highest BCUT2D eigenvalue weighted by Crippen LogP contribution is 2.37. The van der Waals surface area contributed by atoms with Gasteiger partial charge in [0.1, 0.15) is 0 Å². The van der Waals surface area contributed by atoms with E-state index in [1.54, 1.807) is 30.7 Å². The Bertz CT molecular complexity index is 1350. The molecule has 0 aliphatic carbocycles. The number of aromatic nitrogens is 1. The van der Waals surface area contributed by atoms with Crippen molar-refractivity contribution in [2.75, 3.05) is 5.01 Å². The lowest BCUT2D eigenvalue weighted by molar-refractivity contribution is 0.0955. The van der Waals surface area contributed by atoms with E-state index in [-0.39, 0.29) is 11.9 Å². The van der Waals surface area contributed by atoms with Gasteiger partial charge in [-0.25, -0.2) is 5.43 Å². The first kappa shape index (κ1) is 22.5. The van der Waals surface area contributed by atoms with Crippen LogP contribution in [0.15, 0.2) is 114 Å². The van der Waals surface area contributed by atoms with Crippen LogP contribution in [0.1, 0.15) is 39.5 Å². The number of nitrogens with one attached hydrogen (secondary N) is 1. The van der Waals surface area contributed by atoms with Gasteiger partial charge in [-0.15, -0.1) is 0 Å². The van der Waals surface area contributed by atoms with Gasteiger partial charge < -0.3 is 0 Å². The van der Waals surface area contributed by atoms with Crippen molar-refractivity contribution >= 4 is 35.1 Å². The molecule has 0 saturated heterocycles. The van der Waals surface area contributed by atoms with E-state index >= 15 is 0 Å². The fourth-order valence-corrected chi connectivity index (χ4v) is 4.07. The second-order valence-electron chi connectivity index (χ2n) is 8.06. The maximum Gasteiger partial charge on any atom is 0.271 e. The lowest BCUT2D eigenvalue weighted by Crippen LogP contribution is -2.18. The van der Waals surface area contributed by atoms with Crippen LogP contribution in [-0.2, 0) is 0 Å². The summed E-state index contributed by atoms with van der Waals surface area (Å²) >= 11 is 6.13. The molecule has 6 nitrogen and oxygen atoms in total. The number of carbonyl (C=O) groups is 1. The zero-order valence-electron chi connectivity index (χ0n) is 18.8. The highest BCUT2D eigenvalue weighted by atomic mass is 35.5. The van der Waals surface area contributed by atoms with E-state index in [4.69, 9.17) is 16.7 Å². The van der Waals surface area contributed by atoms with Gasteiger partial charge in [0.25, 0.3) is 5.91 Å². The van der Waals surface area contributed by atoms with Crippen LogP contribution in [0.2, 0.25) is 5.02 Å². The predicted octanol–water partition coefficient (Wildman–Crippen LogP) is 5.85. The first-order chi connectivity index (χ1) is 17.2. The second-order valence-corrected chi connectivity index (χ2v) is 8.49. The van der Waals surface area contributed by atoms with Gasteiger partial charge in [0.05, 0.1) is 23.7 Å². The van der Waals surface area contributed by atoms with Crippen LogP contribution in [0.4, 0.5) is 5.69 Å². The summed E-state index contributed by atoms with van der Waals surface area (Å²) in [6.07, 6.45) is 5.54. The Morgan fingerprint density at radius 3 is 2.37 bits per heavy atom. The summed E-state index contributed by atoms with van der Waals surface area (Å²) in [5.41, 5.74) is 8.16. The number of anilines is 1. The van der Waals surface area contributed by atoms with Gasteiger partial charge in [-0.2, -0.15) is 10.2 Å². The zero-order valence-corrected chi connectivity index (χ0v) is 19.5. The van der Waals surface area contributed by atoms with Crippen LogP contribution >= 0.6 is 11.6 Å². The van der Waals surface area contributed by atoms with Gasteiger partial charge in [-0.1, -0.05) is 66.2 Å². The fraction of sp³-hybridized carbons (Fsp3) is 0.0714. The molecule has 0 unspecified atom stereocenters. The molecule has 0 radical (unpaired) electrons. The van der Waals surface area contributed by atoms with Crippen molar-refractivity contribution in [3.05, 3.63) is 131 Å². The molecule has 0 spiro atoms. The van der Waals surface area contributed by atoms with Crippen LogP contribution in [0, 0.1) is 0 Å². The van der Waals surface area contributed by atoms with Crippen molar-refractivity contribution in [3.63, 3.8) is 0 Å². The molecule has 1 aliphatic heterocycles. The third kappa shape index (κ3) is 5.28. The van der Waals surface area contributed by atoms with Crippen molar-refractivity contribution < 1.29 is 4.79 Å². The van der Waals surface area contributed by atoms with Crippen molar-refractivity contribution in [1.82, 2.24) is 10.4 Å². The summed E-state index contributed by atoms with van der Waals surface area (Å²) in [5, 5.41) is 11.8. The molecule has 0 saturated carbocycles. The Balaban J connectivity index is 1.35. The quantitative estimate of drug-likeness (QED) is 0.278. The third-order valence-corrected chi connectivity index (χ3v) is 6.00. The minimum absolute atomic E-state index is 0.0571. The molecular weight excluding hydrogens is 458 g/mol. The number of hydrogen-bond donors (Lipinski definition) is 1. The van der Waals surface area contributed by atoms with Gasteiger partial charge in [-0.05, 0) is 53.1 Å². The van der Waals surface area contributed by atoms with E-state index < -0.39 is 0 Å². The normalized spacial score (nSPS) is 15.3. The Hall–Kier alpha value is -4.29.